The maximum Gasteiger partial charge on any atom is 0.500 e. The van der Waals surface area contributed by atoms with Crippen LogP contribution in [-0.2, 0) is 24.6 Å². The molecule has 0 atom stereocenters. The molecule has 0 bridgehead atoms. The summed E-state index contributed by atoms with van der Waals surface area (Å²) < 4.78 is 21.7. The highest BCUT2D eigenvalue weighted by Crippen LogP contribution is 2.15. The van der Waals surface area contributed by atoms with E-state index in [1.807, 2.05) is 24.3 Å². The normalized spacial score (nSPS) is 11.6. The van der Waals surface area contributed by atoms with Crippen LogP contribution < -0.4 is 0 Å². The SMILES string of the molecule is C=Cc1cccc(COCCC[Si](OC)(OC)OC)c1. The Labute approximate surface area is 122 Å². The lowest BCUT2D eigenvalue weighted by atomic mass is 10.1. The Hall–Kier alpha value is -0.983. The first-order chi connectivity index (χ1) is 9.69. The molecule has 0 radical (unpaired) electrons. The van der Waals surface area contributed by atoms with Crippen LogP contribution in [0.5, 0.6) is 0 Å². The summed E-state index contributed by atoms with van der Waals surface area (Å²) in [6, 6.07) is 8.90. The zero-order valence-corrected chi connectivity index (χ0v) is 13.6. The van der Waals surface area contributed by atoms with Crippen LogP contribution in [0.15, 0.2) is 30.8 Å². The van der Waals surface area contributed by atoms with Crippen molar-refractivity contribution in [2.45, 2.75) is 19.1 Å². The first-order valence-corrected chi connectivity index (χ1v) is 8.57. The Morgan fingerprint density at radius 1 is 1.15 bits per heavy atom. The van der Waals surface area contributed by atoms with Crippen molar-refractivity contribution < 1.29 is 18.0 Å². The minimum Gasteiger partial charge on any atom is -0.377 e. The first-order valence-electron chi connectivity index (χ1n) is 6.64. The van der Waals surface area contributed by atoms with Gasteiger partial charge in [0.15, 0.2) is 0 Å². The molecule has 0 aliphatic heterocycles. The van der Waals surface area contributed by atoms with E-state index < -0.39 is 8.80 Å². The fourth-order valence-electron chi connectivity index (χ4n) is 1.95. The topological polar surface area (TPSA) is 36.9 Å². The summed E-state index contributed by atoms with van der Waals surface area (Å²) in [5.41, 5.74) is 2.26. The number of benzene rings is 1. The van der Waals surface area contributed by atoms with E-state index in [1.54, 1.807) is 21.3 Å². The molecule has 20 heavy (non-hydrogen) atoms. The summed E-state index contributed by atoms with van der Waals surface area (Å²) in [6.07, 6.45) is 2.68. The third-order valence-electron chi connectivity index (χ3n) is 3.16. The molecular weight excluding hydrogens is 272 g/mol. The zero-order chi connectivity index (χ0) is 14.8. The van der Waals surface area contributed by atoms with Gasteiger partial charge in [0.2, 0.25) is 0 Å². The van der Waals surface area contributed by atoms with Gasteiger partial charge in [0, 0.05) is 34.0 Å². The highest BCUT2D eigenvalue weighted by atomic mass is 28.4. The van der Waals surface area contributed by atoms with Crippen LogP contribution >= 0.6 is 0 Å². The van der Waals surface area contributed by atoms with Crippen molar-refractivity contribution in [3.63, 3.8) is 0 Å². The van der Waals surface area contributed by atoms with E-state index in [4.69, 9.17) is 18.0 Å². The van der Waals surface area contributed by atoms with Crippen LogP contribution in [0.4, 0.5) is 0 Å². The van der Waals surface area contributed by atoms with Crippen molar-refractivity contribution in [2.24, 2.45) is 0 Å². The van der Waals surface area contributed by atoms with E-state index >= 15 is 0 Å². The third kappa shape index (κ3) is 5.18. The van der Waals surface area contributed by atoms with Crippen molar-refractivity contribution in [2.75, 3.05) is 27.9 Å². The van der Waals surface area contributed by atoms with Gasteiger partial charge in [-0.05, 0) is 23.6 Å². The number of hydrogen-bond donors (Lipinski definition) is 0. The van der Waals surface area contributed by atoms with Gasteiger partial charge in [0.1, 0.15) is 0 Å². The number of rotatable bonds is 10. The van der Waals surface area contributed by atoms with Gasteiger partial charge in [0.25, 0.3) is 0 Å². The molecule has 0 aromatic heterocycles. The van der Waals surface area contributed by atoms with E-state index in [1.165, 1.54) is 0 Å². The average molecular weight is 296 g/mol. The highest BCUT2D eigenvalue weighted by molar-refractivity contribution is 6.60. The quantitative estimate of drug-likeness (QED) is 0.491. The number of ether oxygens (including phenoxy) is 1. The molecule has 0 amide bonds. The Kier molecular flexibility index (Phi) is 7.72. The van der Waals surface area contributed by atoms with Gasteiger partial charge >= 0.3 is 8.80 Å². The monoisotopic (exact) mass is 296 g/mol. The second-order valence-electron chi connectivity index (χ2n) is 4.40. The molecule has 112 valence electrons. The summed E-state index contributed by atoms with van der Waals surface area (Å²) in [6.45, 7) is 5.02. The molecule has 5 heteroatoms. The summed E-state index contributed by atoms with van der Waals surface area (Å²) in [5.74, 6) is 0. The van der Waals surface area contributed by atoms with Gasteiger partial charge in [-0.2, -0.15) is 0 Å². The van der Waals surface area contributed by atoms with Crippen molar-refractivity contribution >= 4 is 14.9 Å². The van der Waals surface area contributed by atoms with Crippen LogP contribution in [0.3, 0.4) is 0 Å². The summed E-state index contributed by atoms with van der Waals surface area (Å²) >= 11 is 0. The summed E-state index contributed by atoms with van der Waals surface area (Å²) in [7, 11) is 2.42. The zero-order valence-electron chi connectivity index (χ0n) is 12.6. The molecule has 0 N–H and O–H groups in total. The molecule has 0 unspecified atom stereocenters. The van der Waals surface area contributed by atoms with Gasteiger partial charge in [-0.3, -0.25) is 0 Å². The fraction of sp³-hybridized carbons (Fsp3) is 0.467. The predicted molar refractivity (Wildman–Crippen MR) is 82.4 cm³/mol. The Morgan fingerprint density at radius 2 is 1.85 bits per heavy atom. The van der Waals surface area contributed by atoms with E-state index in [0.717, 1.165) is 23.6 Å². The molecule has 0 saturated carbocycles. The Bertz CT molecular complexity index is 396. The number of hydrogen-bond acceptors (Lipinski definition) is 4. The van der Waals surface area contributed by atoms with Crippen LogP contribution in [-0.4, -0.2) is 36.7 Å². The standard InChI is InChI=1S/C15H24O4Si/c1-5-14-8-6-9-15(12-14)13-19-10-7-11-20(16-2,17-3)18-4/h5-6,8-9,12H,1,7,10-11,13H2,2-4H3. The molecule has 0 spiro atoms. The van der Waals surface area contributed by atoms with Gasteiger partial charge < -0.3 is 18.0 Å². The second-order valence-corrected chi connectivity index (χ2v) is 7.49. The van der Waals surface area contributed by atoms with E-state index in [0.29, 0.717) is 13.2 Å². The first kappa shape index (κ1) is 17.1. The van der Waals surface area contributed by atoms with Crippen LogP contribution in [0.1, 0.15) is 17.5 Å². The van der Waals surface area contributed by atoms with Crippen molar-refractivity contribution in [3.8, 4) is 0 Å². The van der Waals surface area contributed by atoms with Crippen LogP contribution in [0, 0.1) is 0 Å². The molecule has 0 heterocycles. The Balaban J connectivity index is 2.29. The average Bonchev–Trinajstić information content (AvgIpc) is 2.52. The third-order valence-corrected chi connectivity index (χ3v) is 5.99. The molecule has 0 saturated heterocycles. The smallest absolute Gasteiger partial charge is 0.377 e. The molecule has 1 aromatic rings. The maximum absolute atomic E-state index is 5.67. The van der Waals surface area contributed by atoms with Gasteiger partial charge in [0.05, 0.1) is 6.61 Å². The molecule has 0 fully saturated rings. The lowest BCUT2D eigenvalue weighted by Crippen LogP contribution is -2.42. The lowest BCUT2D eigenvalue weighted by Gasteiger charge is -2.24. The van der Waals surface area contributed by atoms with E-state index in [-0.39, 0.29) is 0 Å². The fourth-order valence-corrected chi connectivity index (χ4v) is 3.64. The summed E-state index contributed by atoms with van der Waals surface area (Å²) in [4.78, 5) is 0. The minimum atomic E-state index is -2.45. The lowest BCUT2D eigenvalue weighted by molar-refractivity contribution is 0.101. The molecule has 1 rings (SSSR count). The van der Waals surface area contributed by atoms with Crippen LogP contribution in [0.2, 0.25) is 6.04 Å². The molecule has 1 aromatic carbocycles. The molecular formula is C15H24O4Si. The van der Waals surface area contributed by atoms with E-state index in [9.17, 15) is 0 Å². The van der Waals surface area contributed by atoms with Crippen molar-refractivity contribution in [3.05, 3.63) is 42.0 Å². The van der Waals surface area contributed by atoms with Gasteiger partial charge in [-0.1, -0.05) is 30.9 Å². The molecule has 4 nitrogen and oxygen atoms in total. The van der Waals surface area contributed by atoms with Gasteiger partial charge in [-0.25, -0.2) is 0 Å². The summed E-state index contributed by atoms with van der Waals surface area (Å²) in [5, 5.41) is 0. The van der Waals surface area contributed by atoms with Crippen molar-refractivity contribution in [1.82, 2.24) is 0 Å². The predicted octanol–water partition coefficient (Wildman–Crippen LogP) is 3.11. The van der Waals surface area contributed by atoms with E-state index in [2.05, 4.69) is 12.6 Å². The maximum atomic E-state index is 5.67. The van der Waals surface area contributed by atoms with Gasteiger partial charge in [-0.15, -0.1) is 0 Å². The second kappa shape index (κ2) is 9.04. The minimum absolute atomic E-state index is 0.600. The largest absolute Gasteiger partial charge is 0.500 e. The Morgan fingerprint density at radius 3 is 2.45 bits per heavy atom. The van der Waals surface area contributed by atoms with Crippen molar-refractivity contribution in [1.29, 1.82) is 0 Å². The van der Waals surface area contributed by atoms with Crippen LogP contribution in [0.25, 0.3) is 6.08 Å². The highest BCUT2D eigenvalue weighted by Gasteiger charge is 2.36. The molecule has 0 aliphatic carbocycles. The molecule has 0 aliphatic rings.